The molecule has 0 spiro atoms. The molecular weight excluding hydrogens is 360 g/mol. The number of amides is 1. The van der Waals surface area contributed by atoms with Gasteiger partial charge in [-0.3, -0.25) is 10.1 Å². The van der Waals surface area contributed by atoms with Crippen molar-refractivity contribution in [1.82, 2.24) is 10.2 Å². The van der Waals surface area contributed by atoms with Gasteiger partial charge in [0.15, 0.2) is 0 Å². The maximum atomic E-state index is 13.1. The van der Waals surface area contributed by atoms with Gasteiger partial charge in [-0.15, -0.1) is 0 Å². The molecule has 29 heavy (non-hydrogen) atoms. The molecule has 0 bridgehead atoms. The zero-order chi connectivity index (χ0) is 20.2. The Morgan fingerprint density at radius 1 is 0.966 bits per heavy atom. The second kappa shape index (κ2) is 9.61. The summed E-state index contributed by atoms with van der Waals surface area (Å²) in [6.07, 6.45) is 9.69. The van der Waals surface area contributed by atoms with Crippen LogP contribution in [0, 0.1) is 5.92 Å². The van der Waals surface area contributed by atoms with Crippen molar-refractivity contribution in [2.24, 2.45) is 5.92 Å². The minimum Gasteiger partial charge on any atom is -0.381 e. The molecule has 3 aliphatic rings. The third kappa shape index (κ3) is 4.86. The molecule has 1 aromatic carbocycles. The Balaban J connectivity index is 1.41. The van der Waals surface area contributed by atoms with Crippen molar-refractivity contribution in [3.63, 3.8) is 0 Å². The molecule has 2 aliphatic heterocycles. The van der Waals surface area contributed by atoms with Gasteiger partial charge < -0.3 is 9.64 Å². The van der Waals surface area contributed by atoms with E-state index in [0.717, 1.165) is 44.9 Å². The topological polar surface area (TPSA) is 41.6 Å². The van der Waals surface area contributed by atoms with E-state index in [4.69, 9.17) is 4.74 Å². The van der Waals surface area contributed by atoms with E-state index in [1.807, 2.05) is 0 Å². The Labute approximate surface area is 176 Å². The lowest BCUT2D eigenvalue weighted by molar-refractivity contribution is -0.133. The molecule has 0 unspecified atom stereocenters. The Hall–Kier alpha value is -1.39. The smallest absolute Gasteiger partial charge is 0.240 e. The standard InChI is InChI=1S/C25H38N2O2/c1-18(2)24(21-10-8-20(9-11-21)19-6-4-3-5-7-19)26-23-12-15-27(25(23)28)22-13-16-29-17-14-22/h8-11,18-19,22-24,26H,3-7,12-17H2,1-2H3/t23-,24+/m1/s1. The molecule has 1 aromatic rings. The van der Waals surface area contributed by atoms with Gasteiger partial charge in [0.2, 0.25) is 5.91 Å². The number of carbonyl (C=O) groups is 1. The Kier molecular flexibility index (Phi) is 6.92. The van der Waals surface area contributed by atoms with Crippen LogP contribution in [0.5, 0.6) is 0 Å². The van der Waals surface area contributed by atoms with Crippen LogP contribution in [0.4, 0.5) is 0 Å². The van der Waals surface area contributed by atoms with Crippen LogP contribution in [-0.4, -0.2) is 42.6 Å². The van der Waals surface area contributed by atoms with Crippen LogP contribution >= 0.6 is 0 Å². The zero-order valence-electron chi connectivity index (χ0n) is 18.2. The molecule has 160 valence electrons. The molecule has 2 saturated heterocycles. The van der Waals surface area contributed by atoms with Gasteiger partial charge in [0.25, 0.3) is 0 Å². The molecular formula is C25H38N2O2. The normalized spacial score (nSPS) is 25.7. The van der Waals surface area contributed by atoms with Crippen molar-refractivity contribution < 1.29 is 9.53 Å². The summed E-state index contributed by atoms with van der Waals surface area (Å²) in [6.45, 7) is 6.96. The lowest BCUT2D eigenvalue weighted by Gasteiger charge is -2.32. The number of hydrogen-bond donors (Lipinski definition) is 1. The highest BCUT2D eigenvalue weighted by molar-refractivity contribution is 5.84. The first kappa shape index (κ1) is 20.9. The van der Waals surface area contributed by atoms with E-state index >= 15 is 0 Å². The fraction of sp³-hybridized carbons (Fsp3) is 0.720. The van der Waals surface area contributed by atoms with Gasteiger partial charge in [-0.05, 0) is 55.1 Å². The fourth-order valence-corrected chi connectivity index (χ4v) is 5.52. The second-order valence-electron chi connectivity index (χ2n) is 9.61. The SMILES string of the molecule is CC(C)[C@H](N[C@@H]1CCN(C2CCOCC2)C1=O)c1ccc(C2CCCCC2)cc1. The van der Waals surface area contributed by atoms with Gasteiger partial charge in [0, 0.05) is 31.8 Å². The predicted octanol–water partition coefficient (Wildman–Crippen LogP) is 4.80. The van der Waals surface area contributed by atoms with Crippen LogP contribution in [0.3, 0.4) is 0 Å². The number of nitrogens with zero attached hydrogens (tertiary/aromatic N) is 1. The lowest BCUT2D eigenvalue weighted by atomic mass is 9.83. The van der Waals surface area contributed by atoms with Crippen molar-refractivity contribution in [1.29, 1.82) is 0 Å². The highest BCUT2D eigenvalue weighted by Crippen LogP contribution is 2.34. The van der Waals surface area contributed by atoms with Crippen molar-refractivity contribution >= 4 is 5.91 Å². The molecule has 0 radical (unpaired) electrons. The summed E-state index contributed by atoms with van der Waals surface area (Å²) in [5.41, 5.74) is 2.82. The second-order valence-corrected chi connectivity index (χ2v) is 9.61. The number of ether oxygens (including phenoxy) is 1. The number of likely N-dealkylation sites (tertiary alicyclic amines) is 1. The maximum absolute atomic E-state index is 13.1. The van der Waals surface area contributed by atoms with E-state index in [1.54, 1.807) is 0 Å². The first-order chi connectivity index (χ1) is 14.1. The summed E-state index contributed by atoms with van der Waals surface area (Å²) >= 11 is 0. The lowest BCUT2D eigenvalue weighted by Crippen LogP contribution is -2.46. The summed E-state index contributed by atoms with van der Waals surface area (Å²) in [4.78, 5) is 15.2. The largest absolute Gasteiger partial charge is 0.381 e. The van der Waals surface area contributed by atoms with Crippen LogP contribution in [0.15, 0.2) is 24.3 Å². The minimum absolute atomic E-state index is 0.0525. The van der Waals surface area contributed by atoms with Crippen LogP contribution in [0.25, 0.3) is 0 Å². The third-order valence-corrected chi connectivity index (χ3v) is 7.29. The molecule has 4 nitrogen and oxygen atoms in total. The monoisotopic (exact) mass is 398 g/mol. The third-order valence-electron chi connectivity index (χ3n) is 7.29. The summed E-state index contributed by atoms with van der Waals surface area (Å²) in [7, 11) is 0. The van der Waals surface area contributed by atoms with Crippen LogP contribution in [0.1, 0.15) is 88.3 Å². The van der Waals surface area contributed by atoms with Gasteiger partial charge >= 0.3 is 0 Å². The highest BCUT2D eigenvalue weighted by atomic mass is 16.5. The molecule has 4 rings (SSSR count). The number of hydrogen-bond acceptors (Lipinski definition) is 3. The Bertz CT molecular complexity index is 660. The fourth-order valence-electron chi connectivity index (χ4n) is 5.52. The maximum Gasteiger partial charge on any atom is 0.240 e. The van der Waals surface area contributed by atoms with Crippen molar-refractivity contribution in [3.05, 3.63) is 35.4 Å². The number of carbonyl (C=O) groups excluding carboxylic acids is 1. The Morgan fingerprint density at radius 3 is 2.31 bits per heavy atom. The first-order valence-corrected chi connectivity index (χ1v) is 11.9. The molecule has 3 fully saturated rings. The van der Waals surface area contributed by atoms with E-state index in [-0.39, 0.29) is 12.1 Å². The van der Waals surface area contributed by atoms with Crippen LogP contribution in [-0.2, 0) is 9.53 Å². The van der Waals surface area contributed by atoms with Crippen LogP contribution < -0.4 is 5.32 Å². The molecule has 0 aromatic heterocycles. The van der Waals surface area contributed by atoms with E-state index in [0.29, 0.717) is 17.9 Å². The number of nitrogens with one attached hydrogen (secondary N) is 1. The average Bonchev–Trinajstić information content (AvgIpc) is 3.13. The van der Waals surface area contributed by atoms with Gasteiger partial charge in [-0.1, -0.05) is 57.4 Å². The van der Waals surface area contributed by atoms with E-state index in [9.17, 15) is 4.79 Å². The van der Waals surface area contributed by atoms with E-state index in [1.165, 1.54) is 43.2 Å². The molecule has 4 heteroatoms. The summed E-state index contributed by atoms with van der Waals surface area (Å²) in [5, 5.41) is 3.73. The summed E-state index contributed by atoms with van der Waals surface area (Å²) in [5.74, 6) is 1.48. The Morgan fingerprint density at radius 2 is 1.66 bits per heavy atom. The molecule has 1 saturated carbocycles. The quantitative estimate of drug-likeness (QED) is 0.748. The minimum atomic E-state index is -0.0525. The van der Waals surface area contributed by atoms with Gasteiger partial charge in [-0.25, -0.2) is 0 Å². The van der Waals surface area contributed by atoms with Crippen molar-refractivity contribution in [2.45, 2.75) is 89.3 Å². The predicted molar refractivity (Wildman–Crippen MR) is 117 cm³/mol. The van der Waals surface area contributed by atoms with Crippen molar-refractivity contribution in [3.8, 4) is 0 Å². The molecule has 2 heterocycles. The van der Waals surface area contributed by atoms with Gasteiger partial charge in [-0.2, -0.15) is 0 Å². The zero-order valence-corrected chi connectivity index (χ0v) is 18.2. The summed E-state index contributed by atoms with van der Waals surface area (Å²) in [6, 6.07) is 9.83. The molecule has 1 amide bonds. The van der Waals surface area contributed by atoms with E-state index in [2.05, 4.69) is 48.3 Å². The molecule has 1 aliphatic carbocycles. The summed E-state index contributed by atoms with van der Waals surface area (Å²) < 4.78 is 5.47. The van der Waals surface area contributed by atoms with Crippen molar-refractivity contribution in [2.75, 3.05) is 19.8 Å². The van der Waals surface area contributed by atoms with Gasteiger partial charge in [0.1, 0.15) is 0 Å². The highest BCUT2D eigenvalue weighted by Gasteiger charge is 2.37. The van der Waals surface area contributed by atoms with E-state index < -0.39 is 0 Å². The average molecular weight is 399 g/mol. The van der Waals surface area contributed by atoms with Gasteiger partial charge in [0.05, 0.1) is 6.04 Å². The molecule has 2 atom stereocenters. The van der Waals surface area contributed by atoms with Crippen LogP contribution in [0.2, 0.25) is 0 Å². The number of benzene rings is 1. The first-order valence-electron chi connectivity index (χ1n) is 11.9. The molecule has 1 N–H and O–H groups in total. The number of rotatable bonds is 6.